The largest absolute Gasteiger partial charge is 0.497 e. The van der Waals surface area contributed by atoms with Gasteiger partial charge in [0.15, 0.2) is 0 Å². The van der Waals surface area contributed by atoms with Crippen LogP contribution in [0.25, 0.3) is 0 Å². The zero-order valence-electron chi connectivity index (χ0n) is 18.3. The quantitative estimate of drug-likeness (QED) is 0.502. The van der Waals surface area contributed by atoms with Crippen LogP contribution in [0.5, 0.6) is 5.75 Å². The number of hydrogen-bond acceptors (Lipinski definition) is 4. The summed E-state index contributed by atoms with van der Waals surface area (Å²) in [6.45, 7) is 1.91. The van der Waals surface area contributed by atoms with Crippen LogP contribution in [0.15, 0.2) is 83.8 Å². The molecule has 0 saturated carbocycles. The number of aryl methyl sites for hydroxylation is 1. The smallest absolute Gasteiger partial charge is 0.243 e. The first-order valence-corrected chi connectivity index (χ1v) is 11.9. The van der Waals surface area contributed by atoms with Gasteiger partial charge in [-0.3, -0.25) is 4.79 Å². The Morgan fingerprint density at radius 1 is 0.938 bits per heavy atom. The van der Waals surface area contributed by atoms with Gasteiger partial charge in [0, 0.05) is 12.2 Å². The maximum atomic E-state index is 13.4. The van der Waals surface area contributed by atoms with Gasteiger partial charge in [0.1, 0.15) is 5.75 Å². The molecular formula is C25H28N2O4S. The molecule has 1 N–H and O–H groups in total. The molecule has 1 amide bonds. The molecule has 3 aromatic rings. The van der Waals surface area contributed by atoms with E-state index in [-0.39, 0.29) is 23.9 Å². The number of anilines is 1. The predicted molar refractivity (Wildman–Crippen MR) is 126 cm³/mol. The number of methoxy groups -OCH3 is 1. The van der Waals surface area contributed by atoms with E-state index in [2.05, 4.69) is 5.32 Å². The highest BCUT2D eigenvalue weighted by Crippen LogP contribution is 2.21. The number of ether oxygens (including phenoxy) is 1. The average Bonchev–Trinajstić information content (AvgIpc) is 2.82. The summed E-state index contributed by atoms with van der Waals surface area (Å²) in [5, 5.41) is 2.87. The van der Waals surface area contributed by atoms with Gasteiger partial charge in [-0.2, -0.15) is 4.31 Å². The summed E-state index contributed by atoms with van der Waals surface area (Å²) in [5.41, 5.74) is 2.69. The van der Waals surface area contributed by atoms with Crippen molar-refractivity contribution < 1.29 is 17.9 Å². The minimum Gasteiger partial charge on any atom is -0.497 e. The van der Waals surface area contributed by atoms with E-state index in [9.17, 15) is 13.2 Å². The van der Waals surface area contributed by atoms with Crippen LogP contribution in [0.1, 0.15) is 18.1 Å². The Hall–Kier alpha value is -3.16. The second kappa shape index (κ2) is 10.9. The maximum Gasteiger partial charge on any atom is 0.243 e. The molecular weight excluding hydrogens is 424 g/mol. The molecule has 0 saturated heterocycles. The third-order valence-electron chi connectivity index (χ3n) is 5.18. The number of carbonyl (C=O) groups excluding carboxylic acids is 1. The Morgan fingerprint density at radius 3 is 2.25 bits per heavy atom. The molecule has 0 aliphatic carbocycles. The van der Waals surface area contributed by atoms with Crippen molar-refractivity contribution in [1.82, 2.24) is 4.31 Å². The lowest BCUT2D eigenvalue weighted by molar-refractivity contribution is -0.116. The van der Waals surface area contributed by atoms with E-state index < -0.39 is 10.0 Å². The third kappa shape index (κ3) is 5.96. The minimum absolute atomic E-state index is 0.119. The number of carbonyl (C=O) groups is 1. The van der Waals surface area contributed by atoms with E-state index in [1.165, 1.54) is 23.5 Å². The van der Waals surface area contributed by atoms with Crippen molar-refractivity contribution in [1.29, 1.82) is 0 Å². The summed E-state index contributed by atoms with van der Waals surface area (Å²) in [4.78, 5) is 13.0. The van der Waals surface area contributed by atoms with Gasteiger partial charge < -0.3 is 10.1 Å². The first-order valence-electron chi connectivity index (χ1n) is 10.5. The van der Waals surface area contributed by atoms with E-state index in [4.69, 9.17) is 4.74 Å². The Kier molecular flexibility index (Phi) is 8.03. The lowest BCUT2D eigenvalue weighted by Crippen LogP contribution is -2.39. The minimum atomic E-state index is -3.88. The summed E-state index contributed by atoms with van der Waals surface area (Å²) in [6, 6.07) is 23.3. The van der Waals surface area contributed by atoms with E-state index in [0.717, 1.165) is 17.5 Å². The number of hydrogen-bond donors (Lipinski definition) is 1. The zero-order chi connectivity index (χ0) is 23.0. The first kappa shape index (κ1) is 23.5. The Balaban J connectivity index is 1.82. The van der Waals surface area contributed by atoms with E-state index >= 15 is 0 Å². The molecule has 0 atom stereocenters. The normalized spacial score (nSPS) is 11.3. The van der Waals surface area contributed by atoms with Crippen molar-refractivity contribution in [2.24, 2.45) is 0 Å². The lowest BCUT2D eigenvalue weighted by Gasteiger charge is -2.22. The molecule has 3 rings (SSSR count). The van der Waals surface area contributed by atoms with Gasteiger partial charge >= 0.3 is 0 Å². The SMILES string of the molecule is CCc1ccccc1NC(=O)CN(CCc1ccccc1)S(=O)(=O)c1ccc(OC)cc1. The topological polar surface area (TPSA) is 75.7 Å². The van der Waals surface area contributed by atoms with E-state index in [1.807, 2.05) is 61.5 Å². The predicted octanol–water partition coefficient (Wildman–Crippen LogP) is 4.13. The van der Waals surface area contributed by atoms with Crippen molar-refractivity contribution in [3.63, 3.8) is 0 Å². The van der Waals surface area contributed by atoms with Crippen LogP contribution in [-0.4, -0.2) is 38.8 Å². The first-order chi connectivity index (χ1) is 15.4. The fourth-order valence-electron chi connectivity index (χ4n) is 3.38. The number of sulfonamides is 1. The molecule has 168 valence electrons. The van der Waals surface area contributed by atoms with Crippen LogP contribution in [0.4, 0.5) is 5.69 Å². The van der Waals surface area contributed by atoms with Crippen LogP contribution >= 0.6 is 0 Å². The number of nitrogens with zero attached hydrogens (tertiary/aromatic N) is 1. The number of nitrogens with one attached hydrogen (secondary N) is 1. The fourth-order valence-corrected chi connectivity index (χ4v) is 4.78. The van der Waals surface area contributed by atoms with Gasteiger partial charge in [0.05, 0.1) is 18.6 Å². The lowest BCUT2D eigenvalue weighted by atomic mass is 10.1. The van der Waals surface area contributed by atoms with Crippen LogP contribution in [0.3, 0.4) is 0 Å². The van der Waals surface area contributed by atoms with Gasteiger partial charge in [-0.25, -0.2) is 8.42 Å². The molecule has 7 heteroatoms. The fraction of sp³-hybridized carbons (Fsp3) is 0.240. The van der Waals surface area contributed by atoms with Crippen molar-refractivity contribution in [3.8, 4) is 5.75 Å². The second-order valence-corrected chi connectivity index (χ2v) is 9.25. The highest BCUT2D eigenvalue weighted by molar-refractivity contribution is 7.89. The van der Waals surface area contributed by atoms with Crippen molar-refractivity contribution in [2.75, 3.05) is 25.5 Å². The summed E-state index contributed by atoms with van der Waals surface area (Å²) in [6.07, 6.45) is 1.26. The number of para-hydroxylation sites is 1. The van der Waals surface area contributed by atoms with Crippen molar-refractivity contribution >= 4 is 21.6 Å². The van der Waals surface area contributed by atoms with Crippen LogP contribution in [0, 0.1) is 0 Å². The average molecular weight is 453 g/mol. The molecule has 0 radical (unpaired) electrons. The molecule has 6 nitrogen and oxygen atoms in total. The Morgan fingerprint density at radius 2 is 1.59 bits per heavy atom. The maximum absolute atomic E-state index is 13.4. The molecule has 0 heterocycles. The highest BCUT2D eigenvalue weighted by Gasteiger charge is 2.27. The Labute approximate surface area is 189 Å². The molecule has 0 fully saturated rings. The van der Waals surface area contributed by atoms with E-state index in [1.54, 1.807) is 12.1 Å². The van der Waals surface area contributed by atoms with E-state index in [0.29, 0.717) is 17.9 Å². The molecule has 3 aromatic carbocycles. The van der Waals surface area contributed by atoms with Crippen LogP contribution in [0.2, 0.25) is 0 Å². The van der Waals surface area contributed by atoms with Crippen molar-refractivity contribution in [3.05, 3.63) is 90.0 Å². The van der Waals surface area contributed by atoms with Gasteiger partial charge in [-0.15, -0.1) is 0 Å². The molecule has 0 bridgehead atoms. The monoisotopic (exact) mass is 452 g/mol. The molecule has 0 spiro atoms. The molecule has 0 aliphatic heterocycles. The van der Waals surface area contributed by atoms with Gasteiger partial charge in [-0.1, -0.05) is 55.5 Å². The summed E-state index contributed by atoms with van der Waals surface area (Å²) in [7, 11) is -2.36. The summed E-state index contributed by atoms with van der Waals surface area (Å²) >= 11 is 0. The standard InChI is InChI=1S/C25H28N2O4S/c1-3-21-11-7-8-12-24(21)26-25(28)19-27(18-17-20-9-5-4-6-10-20)32(29,30)23-15-13-22(31-2)14-16-23/h4-16H,3,17-19H2,1-2H3,(H,26,28). The van der Waals surface area contributed by atoms with Gasteiger partial charge in [-0.05, 0) is 54.3 Å². The second-order valence-electron chi connectivity index (χ2n) is 7.31. The molecule has 0 aliphatic rings. The van der Waals surface area contributed by atoms with Gasteiger partial charge in [0.2, 0.25) is 15.9 Å². The van der Waals surface area contributed by atoms with Crippen molar-refractivity contribution in [2.45, 2.75) is 24.7 Å². The highest BCUT2D eigenvalue weighted by atomic mass is 32.2. The Bertz CT molecular complexity index is 1130. The van der Waals surface area contributed by atoms with Crippen LogP contribution < -0.4 is 10.1 Å². The summed E-state index contributed by atoms with van der Waals surface area (Å²) in [5.74, 6) is 0.185. The third-order valence-corrected chi connectivity index (χ3v) is 7.04. The number of benzene rings is 3. The number of rotatable bonds is 10. The zero-order valence-corrected chi connectivity index (χ0v) is 19.1. The van der Waals surface area contributed by atoms with Crippen LogP contribution in [-0.2, 0) is 27.7 Å². The summed E-state index contributed by atoms with van der Waals surface area (Å²) < 4.78 is 33.1. The molecule has 32 heavy (non-hydrogen) atoms. The molecule has 0 unspecified atom stereocenters. The number of amides is 1. The molecule has 0 aromatic heterocycles. The van der Waals surface area contributed by atoms with Gasteiger partial charge in [0.25, 0.3) is 0 Å².